The van der Waals surface area contributed by atoms with E-state index in [9.17, 15) is 9.90 Å². The second-order valence-corrected chi connectivity index (χ2v) is 8.95. The first kappa shape index (κ1) is 18.3. The number of nitrogens with zero attached hydrogens (tertiary/aromatic N) is 1. The summed E-state index contributed by atoms with van der Waals surface area (Å²) in [7, 11) is 0. The van der Waals surface area contributed by atoms with E-state index in [1.807, 2.05) is 11.3 Å². The highest BCUT2D eigenvalue weighted by atomic mass is 32.1. The lowest BCUT2D eigenvalue weighted by molar-refractivity contribution is -0.143. The fraction of sp³-hybridized carbons (Fsp3) is 0.240. The minimum absolute atomic E-state index is 0.0700. The number of rotatable bonds is 4. The van der Waals surface area contributed by atoms with E-state index >= 15 is 0 Å². The molecule has 0 aliphatic carbocycles. The number of likely N-dealkylation sites (tertiary alicyclic amines) is 1. The van der Waals surface area contributed by atoms with E-state index in [1.165, 1.54) is 31.3 Å². The number of hydrogen-bond acceptors (Lipinski definition) is 3. The van der Waals surface area contributed by atoms with Crippen molar-refractivity contribution in [3.63, 3.8) is 0 Å². The van der Waals surface area contributed by atoms with Gasteiger partial charge in [-0.05, 0) is 53.2 Å². The van der Waals surface area contributed by atoms with E-state index in [4.69, 9.17) is 0 Å². The van der Waals surface area contributed by atoms with Crippen molar-refractivity contribution in [2.45, 2.75) is 18.9 Å². The highest BCUT2D eigenvalue weighted by molar-refractivity contribution is 7.19. The highest BCUT2D eigenvalue weighted by Gasteiger charge is 2.32. The average Bonchev–Trinajstić information content (AvgIpc) is 3.18. The molecule has 2 heterocycles. The lowest BCUT2D eigenvalue weighted by Gasteiger charge is -2.37. The van der Waals surface area contributed by atoms with E-state index in [0.29, 0.717) is 6.54 Å². The number of carboxylic acid groups (broad SMARTS) is 1. The summed E-state index contributed by atoms with van der Waals surface area (Å²) in [5.41, 5.74) is 1.26. The van der Waals surface area contributed by atoms with Gasteiger partial charge in [0.1, 0.15) is 0 Å². The third kappa shape index (κ3) is 3.43. The van der Waals surface area contributed by atoms with Crippen LogP contribution < -0.4 is 0 Å². The van der Waals surface area contributed by atoms with Crippen LogP contribution in [0.5, 0.6) is 0 Å². The molecule has 0 saturated carbocycles. The number of aliphatic carboxylic acids is 1. The Morgan fingerprint density at radius 2 is 1.76 bits per heavy atom. The van der Waals surface area contributed by atoms with Crippen LogP contribution in [0.25, 0.3) is 20.9 Å². The fourth-order valence-corrected chi connectivity index (χ4v) is 5.82. The molecule has 1 aliphatic heterocycles. The van der Waals surface area contributed by atoms with Crippen LogP contribution in [0.4, 0.5) is 0 Å². The maximum absolute atomic E-state index is 11.7. The van der Waals surface area contributed by atoms with Gasteiger partial charge in [0, 0.05) is 16.1 Å². The minimum Gasteiger partial charge on any atom is -0.481 e. The SMILES string of the molecule is O=C(O)C1CCCN(C(c2cc3ccccc3s2)c2cccc3ccccc23)C1. The van der Waals surface area contributed by atoms with Crippen LogP contribution in [-0.2, 0) is 4.79 Å². The molecule has 2 unspecified atom stereocenters. The molecule has 2 atom stereocenters. The Balaban J connectivity index is 1.67. The number of benzene rings is 3. The van der Waals surface area contributed by atoms with E-state index in [-0.39, 0.29) is 12.0 Å². The van der Waals surface area contributed by atoms with Crippen LogP contribution in [0.1, 0.15) is 29.3 Å². The predicted molar refractivity (Wildman–Crippen MR) is 120 cm³/mol. The molecule has 5 rings (SSSR count). The monoisotopic (exact) mass is 401 g/mol. The lowest BCUT2D eigenvalue weighted by Crippen LogP contribution is -2.41. The summed E-state index contributed by atoms with van der Waals surface area (Å²) in [6.45, 7) is 1.52. The summed E-state index contributed by atoms with van der Waals surface area (Å²) in [4.78, 5) is 15.4. The van der Waals surface area contributed by atoms with Crippen LogP contribution in [-0.4, -0.2) is 29.1 Å². The molecule has 1 aliphatic rings. The Kier molecular flexibility index (Phi) is 4.82. The highest BCUT2D eigenvalue weighted by Crippen LogP contribution is 2.40. The van der Waals surface area contributed by atoms with Gasteiger partial charge >= 0.3 is 5.97 Å². The molecule has 1 fully saturated rings. The van der Waals surface area contributed by atoms with Crippen molar-refractivity contribution < 1.29 is 9.90 Å². The molecule has 1 aromatic heterocycles. The topological polar surface area (TPSA) is 40.5 Å². The minimum atomic E-state index is -0.678. The van der Waals surface area contributed by atoms with Gasteiger partial charge in [-0.3, -0.25) is 9.69 Å². The van der Waals surface area contributed by atoms with Crippen LogP contribution >= 0.6 is 11.3 Å². The number of thiophene rings is 1. The number of carbonyl (C=O) groups is 1. The van der Waals surface area contributed by atoms with Crippen LogP contribution in [0.3, 0.4) is 0 Å². The summed E-state index contributed by atoms with van der Waals surface area (Å²) in [6.07, 6.45) is 1.68. The zero-order valence-electron chi connectivity index (χ0n) is 16.1. The Morgan fingerprint density at radius 3 is 2.59 bits per heavy atom. The summed E-state index contributed by atoms with van der Waals surface area (Å²) in [6, 6.07) is 25.8. The number of piperidine rings is 1. The average molecular weight is 402 g/mol. The van der Waals surface area contributed by atoms with Gasteiger partial charge < -0.3 is 5.11 Å². The number of fused-ring (bicyclic) bond motifs is 2. The van der Waals surface area contributed by atoms with Crippen molar-refractivity contribution in [3.05, 3.63) is 83.2 Å². The summed E-state index contributed by atoms with van der Waals surface area (Å²) < 4.78 is 1.28. The van der Waals surface area contributed by atoms with Gasteiger partial charge in [-0.25, -0.2) is 0 Å². The maximum atomic E-state index is 11.7. The Labute approximate surface area is 174 Å². The van der Waals surface area contributed by atoms with E-state index in [2.05, 4.69) is 77.7 Å². The predicted octanol–water partition coefficient (Wildman–Crippen LogP) is 5.94. The van der Waals surface area contributed by atoms with Gasteiger partial charge in [0.05, 0.1) is 12.0 Å². The third-order valence-corrected chi connectivity index (χ3v) is 7.17. The molecular formula is C25H23NO2S. The largest absolute Gasteiger partial charge is 0.481 e. The number of carboxylic acids is 1. The van der Waals surface area contributed by atoms with Crippen LogP contribution in [0.2, 0.25) is 0 Å². The van der Waals surface area contributed by atoms with Crippen molar-refractivity contribution in [3.8, 4) is 0 Å². The van der Waals surface area contributed by atoms with E-state index < -0.39 is 5.97 Å². The first-order chi connectivity index (χ1) is 14.2. The molecule has 3 nitrogen and oxygen atoms in total. The third-order valence-electron chi connectivity index (χ3n) is 6.00. The molecule has 1 saturated heterocycles. The molecular weight excluding hydrogens is 378 g/mol. The van der Waals surface area contributed by atoms with Gasteiger partial charge in [0.15, 0.2) is 0 Å². The Bertz CT molecular complexity index is 1140. The number of hydrogen-bond donors (Lipinski definition) is 1. The smallest absolute Gasteiger partial charge is 0.307 e. The quantitative estimate of drug-likeness (QED) is 0.460. The molecule has 3 aromatic carbocycles. The second kappa shape index (κ2) is 7.62. The van der Waals surface area contributed by atoms with Gasteiger partial charge in [-0.1, -0.05) is 60.7 Å². The fourth-order valence-electron chi connectivity index (χ4n) is 4.60. The molecule has 29 heavy (non-hydrogen) atoms. The van der Waals surface area contributed by atoms with Crippen LogP contribution in [0.15, 0.2) is 72.8 Å². The van der Waals surface area contributed by atoms with Crippen molar-refractivity contribution in [1.82, 2.24) is 4.90 Å². The molecule has 4 aromatic rings. The summed E-state index contributed by atoms with van der Waals surface area (Å²) in [5.74, 6) is -0.974. The van der Waals surface area contributed by atoms with Crippen molar-refractivity contribution in [2.75, 3.05) is 13.1 Å². The standard InChI is InChI=1S/C25H23NO2S/c27-25(28)19-10-6-14-26(16-19)24(23-15-18-8-2-4-13-22(18)29-23)21-12-5-9-17-7-1-3-11-20(17)21/h1-5,7-9,11-13,15,19,24H,6,10,14,16H2,(H,27,28). The second-order valence-electron chi connectivity index (χ2n) is 7.83. The summed E-state index contributed by atoms with van der Waals surface area (Å²) in [5, 5.41) is 13.4. The Hall–Kier alpha value is -2.69. The zero-order valence-corrected chi connectivity index (χ0v) is 16.9. The summed E-state index contributed by atoms with van der Waals surface area (Å²) >= 11 is 1.82. The van der Waals surface area contributed by atoms with Gasteiger partial charge in [-0.2, -0.15) is 0 Å². The normalized spacial score (nSPS) is 18.8. The Morgan fingerprint density at radius 1 is 1.00 bits per heavy atom. The van der Waals surface area contributed by atoms with Gasteiger partial charge in [-0.15, -0.1) is 11.3 Å². The van der Waals surface area contributed by atoms with Crippen molar-refractivity contribution in [1.29, 1.82) is 0 Å². The molecule has 4 heteroatoms. The van der Waals surface area contributed by atoms with Crippen molar-refractivity contribution in [2.24, 2.45) is 5.92 Å². The maximum Gasteiger partial charge on any atom is 0.307 e. The molecule has 0 spiro atoms. The molecule has 1 N–H and O–H groups in total. The molecule has 0 radical (unpaired) electrons. The van der Waals surface area contributed by atoms with E-state index in [1.54, 1.807) is 0 Å². The van der Waals surface area contributed by atoms with Gasteiger partial charge in [0.25, 0.3) is 0 Å². The van der Waals surface area contributed by atoms with Crippen LogP contribution in [0, 0.1) is 5.92 Å². The zero-order chi connectivity index (χ0) is 19.8. The first-order valence-corrected chi connectivity index (χ1v) is 11.0. The molecule has 0 amide bonds. The first-order valence-electron chi connectivity index (χ1n) is 10.1. The molecule has 146 valence electrons. The lowest BCUT2D eigenvalue weighted by atomic mass is 9.92. The van der Waals surface area contributed by atoms with Crippen molar-refractivity contribution >= 4 is 38.2 Å². The molecule has 0 bridgehead atoms. The van der Waals surface area contributed by atoms with Gasteiger partial charge in [0.2, 0.25) is 0 Å². The van der Waals surface area contributed by atoms with E-state index in [0.717, 1.165) is 19.4 Å².